The maximum Gasteiger partial charge on any atom is 0.306 e. The molecule has 0 radical (unpaired) electrons. The van der Waals surface area contributed by atoms with Gasteiger partial charge in [0.2, 0.25) is 0 Å². The van der Waals surface area contributed by atoms with Crippen molar-refractivity contribution in [1.29, 1.82) is 5.26 Å². The number of hydrogen-bond donors (Lipinski definition) is 1. The summed E-state index contributed by atoms with van der Waals surface area (Å²) in [6.45, 7) is 1.16. The molecule has 0 bridgehead atoms. The summed E-state index contributed by atoms with van der Waals surface area (Å²) in [4.78, 5) is 14.7. The minimum atomic E-state index is -0.236. The average molecular weight is 219 g/mol. The zero-order valence-electron chi connectivity index (χ0n) is 9.06. The van der Waals surface area contributed by atoms with Crippen LogP contribution in [0.3, 0.4) is 0 Å². The molecule has 0 amide bonds. The molecular formula is C11H13N3O2. The number of carbonyl (C=O) groups excluding carboxylic acids is 1. The Morgan fingerprint density at radius 2 is 2.50 bits per heavy atom. The molecule has 84 valence electrons. The average Bonchev–Trinajstić information content (AvgIpc) is 2.34. The van der Waals surface area contributed by atoms with Gasteiger partial charge in [0.15, 0.2) is 0 Å². The van der Waals surface area contributed by atoms with Crippen molar-refractivity contribution in [3.05, 3.63) is 29.6 Å². The Morgan fingerprint density at radius 3 is 3.19 bits per heavy atom. The summed E-state index contributed by atoms with van der Waals surface area (Å²) in [7, 11) is 1.37. The molecule has 1 aromatic heterocycles. The van der Waals surface area contributed by atoms with Crippen LogP contribution in [0, 0.1) is 11.3 Å². The first-order valence-electron chi connectivity index (χ1n) is 4.89. The summed E-state index contributed by atoms with van der Waals surface area (Å²) in [5.41, 5.74) is 1.36. The van der Waals surface area contributed by atoms with E-state index in [0.29, 0.717) is 25.2 Å². The predicted molar refractivity (Wildman–Crippen MR) is 57.3 cm³/mol. The standard InChI is InChI=1S/C11H13N3O2/c1-16-11(15)3-4-13-8-9-2-5-14-10(6-9)7-12/h2,5-6,13H,3-4,8H2,1H3. The van der Waals surface area contributed by atoms with Crippen LogP contribution >= 0.6 is 0 Å². The van der Waals surface area contributed by atoms with Crippen LogP contribution in [0.1, 0.15) is 17.7 Å². The Kier molecular flexibility index (Phi) is 4.96. The summed E-state index contributed by atoms with van der Waals surface area (Å²) in [5.74, 6) is -0.236. The Balaban J connectivity index is 2.32. The van der Waals surface area contributed by atoms with Gasteiger partial charge in [0.05, 0.1) is 13.5 Å². The molecule has 0 saturated carbocycles. The fourth-order valence-corrected chi connectivity index (χ4v) is 1.17. The molecular weight excluding hydrogens is 206 g/mol. The van der Waals surface area contributed by atoms with Crippen molar-refractivity contribution in [3.8, 4) is 6.07 Å². The number of esters is 1. The van der Waals surface area contributed by atoms with Gasteiger partial charge in [0, 0.05) is 19.3 Å². The SMILES string of the molecule is COC(=O)CCNCc1ccnc(C#N)c1. The fraction of sp³-hybridized carbons (Fsp3) is 0.364. The van der Waals surface area contributed by atoms with Crippen molar-refractivity contribution < 1.29 is 9.53 Å². The molecule has 0 atom stereocenters. The fourth-order valence-electron chi connectivity index (χ4n) is 1.17. The molecule has 0 aromatic carbocycles. The zero-order valence-corrected chi connectivity index (χ0v) is 9.06. The largest absolute Gasteiger partial charge is 0.469 e. The topological polar surface area (TPSA) is 75.0 Å². The summed E-state index contributed by atoms with van der Waals surface area (Å²) >= 11 is 0. The van der Waals surface area contributed by atoms with Gasteiger partial charge in [0.25, 0.3) is 0 Å². The lowest BCUT2D eigenvalue weighted by molar-refractivity contribution is -0.140. The molecule has 5 heteroatoms. The van der Waals surface area contributed by atoms with Crippen molar-refractivity contribution in [2.45, 2.75) is 13.0 Å². The van der Waals surface area contributed by atoms with Crippen molar-refractivity contribution >= 4 is 5.97 Å². The maximum atomic E-state index is 10.8. The van der Waals surface area contributed by atoms with Gasteiger partial charge in [-0.15, -0.1) is 0 Å². The number of carbonyl (C=O) groups is 1. The first-order chi connectivity index (χ1) is 7.76. The Hall–Kier alpha value is -1.93. The molecule has 1 rings (SSSR count). The van der Waals surface area contributed by atoms with Crippen molar-refractivity contribution in [2.24, 2.45) is 0 Å². The van der Waals surface area contributed by atoms with E-state index in [4.69, 9.17) is 5.26 Å². The van der Waals surface area contributed by atoms with E-state index in [1.54, 1.807) is 12.3 Å². The molecule has 1 N–H and O–H groups in total. The zero-order chi connectivity index (χ0) is 11.8. The van der Waals surface area contributed by atoms with E-state index in [1.807, 2.05) is 12.1 Å². The second kappa shape index (κ2) is 6.53. The molecule has 0 spiro atoms. The highest BCUT2D eigenvalue weighted by Crippen LogP contribution is 2.00. The number of nitrogens with zero attached hydrogens (tertiary/aromatic N) is 2. The Bertz CT molecular complexity index is 398. The first kappa shape index (κ1) is 12.1. The molecule has 0 aliphatic rings. The Labute approximate surface area is 94.1 Å². The quantitative estimate of drug-likeness (QED) is 0.580. The van der Waals surface area contributed by atoms with Crippen LogP contribution < -0.4 is 5.32 Å². The van der Waals surface area contributed by atoms with E-state index in [-0.39, 0.29) is 5.97 Å². The molecule has 0 unspecified atom stereocenters. The lowest BCUT2D eigenvalue weighted by Crippen LogP contribution is -2.18. The number of methoxy groups -OCH3 is 1. The van der Waals surface area contributed by atoms with E-state index in [9.17, 15) is 4.79 Å². The number of ether oxygens (including phenoxy) is 1. The van der Waals surface area contributed by atoms with Gasteiger partial charge < -0.3 is 10.1 Å². The molecule has 5 nitrogen and oxygen atoms in total. The number of aromatic nitrogens is 1. The van der Waals surface area contributed by atoms with Crippen LogP contribution in [-0.2, 0) is 16.1 Å². The highest BCUT2D eigenvalue weighted by Gasteiger charge is 1.99. The van der Waals surface area contributed by atoms with E-state index in [1.165, 1.54) is 7.11 Å². The van der Waals surface area contributed by atoms with Crippen molar-refractivity contribution in [1.82, 2.24) is 10.3 Å². The lowest BCUT2D eigenvalue weighted by atomic mass is 10.2. The summed E-state index contributed by atoms with van der Waals surface area (Å²) in [6, 6.07) is 5.51. The summed E-state index contributed by atoms with van der Waals surface area (Å²) in [5, 5.41) is 11.7. The normalized spacial score (nSPS) is 9.50. The van der Waals surface area contributed by atoms with Crippen LogP contribution in [0.2, 0.25) is 0 Å². The molecule has 1 heterocycles. The molecule has 16 heavy (non-hydrogen) atoms. The number of nitriles is 1. The third kappa shape index (κ3) is 4.07. The van der Waals surface area contributed by atoms with Gasteiger partial charge in [-0.05, 0) is 17.7 Å². The highest BCUT2D eigenvalue weighted by molar-refractivity contribution is 5.69. The van der Waals surface area contributed by atoms with Crippen LogP contribution in [0.5, 0.6) is 0 Å². The number of nitrogens with one attached hydrogen (secondary N) is 1. The van der Waals surface area contributed by atoms with Crippen LogP contribution in [0.25, 0.3) is 0 Å². The third-order valence-electron chi connectivity index (χ3n) is 2.00. The molecule has 1 aromatic rings. The monoisotopic (exact) mass is 219 g/mol. The lowest BCUT2D eigenvalue weighted by Gasteiger charge is -2.03. The second-order valence-corrected chi connectivity index (χ2v) is 3.16. The molecule has 0 fully saturated rings. The van der Waals surface area contributed by atoms with E-state index in [0.717, 1.165) is 5.56 Å². The van der Waals surface area contributed by atoms with Crippen molar-refractivity contribution in [3.63, 3.8) is 0 Å². The highest BCUT2D eigenvalue weighted by atomic mass is 16.5. The summed E-state index contributed by atoms with van der Waals surface area (Å²) in [6.07, 6.45) is 1.93. The van der Waals surface area contributed by atoms with Gasteiger partial charge in [-0.25, -0.2) is 4.98 Å². The second-order valence-electron chi connectivity index (χ2n) is 3.16. The van der Waals surface area contributed by atoms with Gasteiger partial charge in [-0.2, -0.15) is 5.26 Å². The van der Waals surface area contributed by atoms with Gasteiger partial charge in [0.1, 0.15) is 11.8 Å². The van der Waals surface area contributed by atoms with Crippen molar-refractivity contribution in [2.75, 3.05) is 13.7 Å². The van der Waals surface area contributed by atoms with E-state index < -0.39 is 0 Å². The van der Waals surface area contributed by atoms with Crippen LogP contribution in [-0.4, -0.2) is 24.6 Å². The smallest absolute Gasteiger partial charge is 0.306 e. The van der Waals surface area contributed by atoms with Gasteiger partial charge >= 0.3 is 5.97 Å². The number of pyridine rings is 1. The molecule has 0 saturated heterocycles. The minimum absolute atomic E-state index is 0.236. The first-order valence-corrected chi connectivity index (χ1v) is 4.89. The van der Waals surface area contributed by atoms with Gasteiger partial charge in [-0.1, -0.05) is 0 Å². The number of rotatable bonds is 5. The number of hydrogen-bond acceptors (Lipinski definition) is 5. The maximum absolute atomic E-state index is 10.8. The molecule has 0 aliphatic heterocycles. The van der Waals surface area contributed by atoms with Crippen LogP contribution in [0.15, 0.2) is 18.3 Å². The third-order valence-corrected chi connectivity index (χ3v) is 2.00. The van der Waals surface area contributed by atoms with Gasteiger partial charge in [-0.3, -0.25) is 4.79 Å². The van der Waals surface area contributed by atoms with Crippen LogP contribution in [0.4, 0.5) is 0 Å². The molecule has 0 aliphatic carbocycles. The van der Waals surface area contributed by atoms with E-state index in [2.05, 4.69) is 15.0 Å². The van der Waals surface area contributed by atoms with E-state index >= 15 is 0 Å². The predicted octanol–water partition coefficient (Wildman–Crippen LogP) is 0.606. The summed E-state index contributed by atoms with van der Waals surface area (Å²) < 4.78 is 4.51. The Morgan fingerprint density at radius 1 is 1.69 bits per heavy atom. The minimum Gasteiger partial charge on any atom is -0.469 e.